The normalized spacial score (nSPS) is 38.4. The first-order valence-electron chi connectivity index (χ1n) is 6.71. The molecule has 0 bridgehead atoms. The Bertz CT molecular complexity index is 391. The lowest BCUT2D eigenvalue weighted by Gasteiger charge is -2.56. The lowest BCUT2D eigenvalue weighted by atomic mass is 9.68. The largest absolute Gasteiger partial charge is 0.329 e. The molecule has 1 saturated heterocycles. The van der Waals surface area contributed by atoms with Gasteiger partial charge in [-0.3, -0.25) is 4.90 Å². The Morgan fingerprint density at radius 2 is 2.11 bits per heavy atom. The van der Waals surface area contributed by atoms with E-state index in [1.165, 1.54) is 0 Å². The molecule has 0 amide bonds. The van der Waals surface area contributed by atoms with Crippen molar-refractivity contribution in [1.29, 1.82) is 0 Å². The van der Waals surface area contributed by atoms with Crippen molar-refractivity contribution in [1.82, 2.24) is 4.90 Å². The highest BCUT2D eigenvalue weighted by Crippen LogP contribution is 2.44. The van der Waals surface area contributed by atoms with Crippen LogP contribution < -0.4 is 5.73 Å². The number of hydrogen-bond donors (Lipinski definition) is 1. The van der Waals surface area contributed by atoms with Gasteiger partial charge in [0.1, 0.15) is 5.37 Å². The second kappa shape index (κ2) is 5.31. The van der Waals surface area contributed by atoms with Gasteiger partial charge < -0.3 is 5.73 Å². The molecule has 1 unspecified atom stereocenters. The smallest absolute Gasteiger partial charge is 0.166 e. The van der Waals surface area contributed by atoms with Crippen molar-refractivity contribution in [3.8, 4) is 0 Å². The summed E-state index contributed by atoms with van der Waals surface area (Å²) < 4.78 is 24.5. The summed E-state index contributed by atoms with van der Waals surface area (Å²) in [6.45, 7) is 5.40. The predicted molar refractivity (Wildman–Crippen MR) is 77.5 cm³/mol. The minimum Gasteiger partial charge on any atom is -0.329 e. The van der Waals surface area contributed by atoms with E-state index in [-0.39, 0.29) is 16.7 Å². The zero-order chi connectivity index (χ0) is 13.4. The molecule has 2 fully saturated rings. The Morgan fingerprint density at radius 3 is 2.61 bits per heavy atom. The van der Waals surface area contributed by atoms with Gasteiger partial charge in [-0.05, 0) is 18.8 Å². The zero-order valence-electron chi connectivity index (χ0n) is 11.3. The Labute approximate surface area is 115 Å². The Hall–Kier alpha value is 0.220. The molecule has 106 valence electrons. The average molecular weight is 292 g/mol. The highest BCUT2D eigenvalue weighted by molar-refractivity contribution is 8.01. The molecule has 1 atom stereocenters. The summed E-state index contributed by atoms with van der Waals surface area (Å²) in [5.41, 5.74) is 5.92. The van der Waals surface area contributed by atoms with E-state index in [0.29, 0.717) is 18.2 Å². The first-order chi connectivity index (χ1) is 8.45. The second-order valence-corrected chi connectivity index (χ2v) is 9.21. The van der Waals surface area contributed by atoms with E-state index in [2.05, 4.69) is 11.8 Å². The average Bonchev–Trinajstić information content (AvgIpc) is 2.35. The van der Waals surface area contributed by atoms with Crippen molar-refractivity contribution < 1.29 is 8.42 Å². The quantitative estimate of drug-likeness (QED) is 0.835. The number of sulfone groups is 1. The second-order valence-electron chi connectivity index (χ2n) is 5.62. The first kappa shape index (κ1) is 14.6. The summed E-state index contributed by atoms with van der Waals surface area (Å²) in [5.74, 6) is 2.62. The number of hydrogen-bond acceptors (Lipinski definition) is 5. The fraction of sp³-hybridized carbons (Fsp3) is 1.00. The fourth-order valence-corrected chi connectivity index (χ4v) is 6.46. The van der Waals surface area contributed by atoms with Crippen LogP contribution in [0.5, 0.6) is 0 Å². The molecule has 0 spiro atoms. The Morgan fingerprint density at radius 1 is 1.44 bits per heavy atom. The van der Waals surface area contributed by atoms with E-state index in [9.17, 15) is 8.42 Å². The molecule has 1 aliphatic heterocycles. The Kier molecular flexibility index (Phi) is 4.31. The maximum atomic E-state index is 12.3. The summed E-state index contributed by atoms with van der Waals surface area (Å²) in [7, 11) is -3.01. The van der Waals surface area contributed by atoms with Crippen LogP contribution in [0.25, 0.3) is 0 Å². The van der Waals surface area contributed by atoms with E-state index < -0.39 is 9.84 Å². The van der Waals surface area contributed by atoms with Crippen LogP contribution in [0.2, 0.25) is 0 Å². The molecule has 18 heavy (non-hydrogen) atoms. The van der Waals surface area contributed by atoms with E-state index in [1.807, 2.05) is 0 Å². The fourth-order valence-electron chi connectivity index (χ4n) is 3.37. The third-order valence-corrected chi connectivity index (χ3v) is 7.64. The third-order valence-electron chi connectivity index (χ3n) is 4.35. The van der Waals surface area contributed by atoms with Gasteiger partial charge in [0.2, 0.25) is 0 Å². The van der Waals surface area contributed by atoms with Gasteiger partial charge >= 0.3 is 0 Å². The van der Waals surface area contributed by atoms with Crippen molar-refractivity contribution in [2.24, 2.45) is 11.7 Å². The van der Waals surface area contributed by atoms with E-state index in [1.54, 1.807) is 18.7 Å². The number of thioether (sulfide) groups is 1. The van der Waals surface area contributed by atoms with Crippen LogP contribution in [0.4, 0.5) is 0 Å². The van der Waals surface area contributed by atoms with Crippen molar-refractivity contribution in [3.05, 3.63) is 0 Å². The molecule has 2 aliphatic rings. The van der Waals surface area contributed by atoms with Crippen LogP contribution in [-0.2, 0) is 9.84 Å². The highest BCUT2D eigenvalue weighted by atomic mass is 32.2. The number of nitrogens with zero attached hydrogens (tertiary/aromatic N) is 1. The molecule has 0 aromatic carbocycles. The van der Waals surface area contributed by atoms with Crippen molar-refractivity contribution in [3.63, 3.8) is 0 Å². The molecule has 0 aromatic heterocycles. The van der Waals surface area contributed by atoms with Crippen LogP contribution in [0.3, 0.4) is 0 Å². The highest BCUT2D eigenvalue weighted by Gasteiger charge is 2.50. The SMILES string of the molecule is CCS(=O)(=O)C1CSCCN1C1(CN)CC(C)C1. The van der Waals surface area contributed by atoms with Crippen molar-refractivity contribution >= 4 is 21.6 Å². The molecule has 0 radical (unpaired) electrons. The van der Waals surface area contributed by atoms with Gasteiger partial charge in [0.15, 0.2) is 9.84 Å². The molecule has 4 nitrogen and oxygen atoms in total. The monoisotopic (exact) mass is 292 g/mol. The summed E-state index contributed by atoms with van der Waals surface area (Å²) in [6.07, 6.45) is 2.09. The molecular weight excluding hydrogens is 268 g/mol. The first-order valence-corrected chi connectivity index (χ1v) is 9.58. The number of rotatable bonds is 4. The molecule has 2 N–H and O–H groups in total. The Balaban J connectivity index is 2.23. The predicted octanol–water partition coefficient (Wildman–Crippen LogP) is 0.923. The molecule has 2 rings (SSSR count). The lowest BCUT2D eigenvalue weighted by molar-refractivity contribution is -0.0158. The van der Waals surface area contributed by atoms with Crippen molar-refractivity contribution in [2.75, 3.05) is 30.3 Å². The standard InChI is InChI=1S/C12H24N2O2S2/c1-3-18(15,16)11-8-17-5-4-14(11)12(9-13)6-10(2)7-12/h10-11H,3-9,13H2,1-2H3. The van der Waals surface area contributed by atoms with E-state index in [0.717, 1.165) is 25.1 Å². The molecule has 6 heteroatoms. The van der Waals surface area contributed by atoms with Gasteiger partial charge in [-0.25, -0.2) is 8.42 Å². The van der Waals surface area contributed by atoms with Gasteiger partial charge in [0.25, 0.3) is 0 Å². The minimum atomic E-state index is -3.01. The van der Waals surface area contributed by atoms with Gasteiger partial charge in [-0.1, -0.05) is 13.8 Å². The topological polar surface area (TPSA) is 63.4 Å². The lowest BCUT2D eigenvalue weighted by Crippen LogP contribution is -2.67. The summed E-state index contributed by atoms with van der Waals surface area (Å²) in [4.78, 5) is 2.21. The third kappa shape index (κ3) is 2.44. The molecule has 1 saturated carbocycles. The maximum absolute atomic E-state index is 12.3. The van der Waals surface area contributed by atoms with Crippen LogP contribution >= 0.6 is 11.8 Å². The van der Waals surface area contributed by atoms with Crippen LogP contribution in [0.1, 0.15) is 26.7 Å². The van der Waals surface area contributed by atoms with Crippen LogP contribution in [0.15, 0.2) is 0 Å². The molecule has 0 aromatic rings. The van der Waals surface area contributed by atoms with Crippen LogP contribution in [0, 0.1) is 5.92 Å². The number of nitrogens with two attached hydrogens (primary N) is 1. The van der Waals surface area contributed by atoms with E-state index in [4.69, 9.17) is 5.73 Å². The minimum absolute atomic E-state index is 0.0483. The van der Waals surface area contributed by atoms with Gasteiger partial charge in [-0.2, -0.15) is 11.8 Å². The summed E-state index contributed by atoms with van der Waals surface area (Å²) in [5, 5.41) is -0.322. The zero-order valence-corrected chi connectivity index (χ0v) is 12.9. The van der Waals surface area contributed by atoms with Gasteiger partial charge in [0, 0.05) is 35.9 Å². The van der Waals surface area contributed by atoms with Gasteiger partial charge in [-0.15, -0.1) is 0 Å². The van der Waals surface area contributed by atoms with Crippen LogP contribution in [-0.4, -0.2) is 54.6 Å². The maximum Gasteiger partial charge on any atom is 0.166 e. The van der Waals surface area contributed by atoms with Gasteiger partial charge in [0.05, 0.1) is 0 Å². The summed E-state index contributed by atoms with van der Waals surface area (Å²) >= 11 is 1.75. The molecule has 1 aliphatic carbocycles. The van der Waals surface area contributed by atoms with Crippen molar-refractivity contribution in [2.45, 2.75) is 37.6 Å². The van der Waals surface area contributed by atoms with E-state index >= 15 is 0 Å². The molecule has 1 heterocycles. The summed E-state index contributed by atoms with van der Waals surface area (Å²) in [6, 6.07) is 0. The molecular formula is C12H24N2O2S2.